The first-order valence-electron chi connectivity index (χ1n) is 7.61. The Hall–Kier alpha value is -1.98. The summed E-state index contributed by atoms with van der Waals surface area (Å²) in [5, 5.41) is 12.3. The van der Waals surface area contributed by atoms with E-state index in [-0.39, 0.29) is 0 Å². The predicted octanol–water partition coefficient (Wildman–Crippen LogP) is 3.78. The highest BCUT2D eigenvalue weighted by molar-refractivity contribution is 7.98. The maximum absolute atomic E-state index is 11.3. The van der Waals surface area contributed by atoms with Crippen LogP contribution in [0.3, 0.4) is 0 Å². The lowest BCUT2D eigenvalue weighted by Crippen LogP contribution is -2.29. The topological polar surface area (TPSA) is 58.9 Å². The largest absolute Gasteiger partial charge is 0.377 e. The highest BCUT2D eigenvalue weighted by atomic mass is 32.2. The summed E-state index contributed by atoms with van der Waals surface area (Å²) in [6.45, 7) is 2.04. The smallest absolute Gasteiger partial charge is 0.148 e. The van der Waals surface area contributed by atoms with Crippen molar-refractivity contribution in [1.29, 1.82) is 0 Å². The molecule has 1 aromatic carbocycles. The third-order valence-corrected chi connectivity index (χ3v) is 4.66. The highest BCUT2D eigenvalue weighted by Crippen LogP contribution is 2.33. The van der Waals surface area contributed by atoms with Crippen LogP contribution in [0.4, 0.5) is 0 Å². The van der Waals surface area contributed by atoms with Crippen LogP contribution in [0.1, 0.15) is 31.2 Å². The predicted molar refractivity (Wildman–Crippen MR) is 93.5 cm³/mol. The summed E-state index contributed by atoms with van der Waals surface area (Å²) < 4.78 is 0. The third kappa shape index (κ3) is 3.07. The molecule has 0 radical (unpaired) electrons. The van der Waals surface area contributed by atoms with Gasteiger partial charge in [-0.05, 0) is 43.0 Å². The molecule has 2 heterocycles. The van der Waals surface area contributed by atoms with Gasteiger partial charge in [0, 0.05) is 16.5 Å². The molecule has 0 saturated heterocycles. The molecule has 0 spiro atoms. The number of fused-ring (bicyclic) bond motifs is 1. The molecule has 4 nitrogen and oxygen atoms in total. The lowest BCUT2D eigenvalue weighted by molar-refractivity contribution is 0.0613. The van der Waals surface area contributed by atoms with Crippen molar-refractivity contribution in [2.24, 2.45) is 0 Å². The van der Waals surface area contributed by atoms with Crippen molar-refractivity contribution in [2.75, 3.05) is 6.26 Å². The normalized spacial score (nSPS) is 13.9. The number of hydrogen-bond donors (Lipinski definition) is 1. The van der Waals surface area contributed by atoms with E-state index >= 15 is 0 Å². The molecule has 118 valence electrons. The Labute approximate surface area is 140 Å². The summed E-state index contributed by atoms with van der Waals surface area (Å²) in [7, 11) is 0. The van der Waals surface area contributed by atoms with Crippen LogP contribution in [0.15, 0.2) is 53.8 Å². The van der Waals surface area contributed by atoms with Crippen LogP contribution in [0, 0.1) is 0 Å². The number of aliphatic hydroxyl groups is 1. The fraction of sp³-hybridized carbons (Fsp3) is 0.278. The van der Waals surface area contributed by atoms with E-state index in [1.54, 1.807) is 24.0 Å². The summed E-state index contributed by atoms with van der Waals surface area (Å²) in [5.41, 5.74) is 0.901. The minimum absolute atomic E-state index is 0.561. The quantitative estimate of drug-likeness (QED) is 0.723. The van der Waals surface area contributed by atoms with Gasteiger partial charge < -0.3 is 5.11 Å². The van der Waals surface area contributed by atoms with Gasteiger partial charge in [-0.1, -0.05) is 19.4 Å². The number of aromatic nitrogens is 3. The fourth-order valence-corrected chi connectivity index (χ4v) is 3.19. The highest BCUT2D eigenvalue weighted by Gasteiger charge is 2.33. The molecule has 3 aromatic rings. The summed E-state index contributed by atoms with van der Waals surface area (Å²) >= 11 is 1.70. The molecular formula is C18H19N3OS. The molecule has 0 aliphatic rings. The molecular weight excluding hydrogens is 306 g/mol. The van der Waals surface area contributed by atoms with Gasteiger partial charge in [0.1, 0.15) is 11.9 Å². The first-order valence-corrected chi connectivity index (χ1v) is 8.84. The van der Waals surface area contributed by atoms with Crippen LogP contribution in [-0.2, 0) is 5.60 Å². The van der Waals surface area contributed by atoms with Crippen molar-refractivity contribution in [3.05, 3.63) is 60.3 Å². The van der Waals surface area contributed by atoms with E-state index in [2.05, 4.69) is 22.3 Å². The number of pyridine rings is 1. The Morgan fingerprint density at radius 3 is 2.70 bits per heavy atom. The second-order valence-corrected chi connectivity index (χ2v) is 6.34. The SMILES string of the molecule is CCCC(O)(c1ccncn1)c1ccc2cc(SC)ccc2n1. The van der Waals surface area contributed by atoms with Crippen molar-refractivity contribution in [1.82, 2.24) is 15.0 Å². The monoisotopic (exact) mass is 325 g/mol. The van der Waals surface area contributed by atoms with Crippen LogP contribution in [-0.4, -0.2) is 26.3 Å². The lowest BCUT2D eigenvalue weighted by atomic mass is 9.89. The second kappa shape index (κ2) is 6.64. The van der Waals surface area contributed by atoms with E-state index in [1.165, 1.54) is 11.2 Å². The second-order valence-electron chi connectivity index (χ2n) is 5.46. The molecule has 23 heavy (non-hydrogen) atoms. The lowest BCUT2D eigenvalue weighted by Gasteiger charge is -2.26. The zero-order valence-electron chi connectivity index (χ0n) is 13.2. The molecule has 1 unspecified atom stereocenters. The van der Waals surface area contributed by atoms with Gasteiger partial charge in [-0.15, -0.1) is 11.8 Å². The van der Waals surface area contributed by atoms with E-state index in [0.29, 0.717) is 17.8 Å². The van der Waals surface area contributed by atoms with Gasteiger partial charge >= 0.3 is 0 Å². The number of rotatable bonds is 5. The van der Waals surface area contributed by atoms with Gasteiger partial charge in [0.15, 0.2) is 0 Å². The molecule has 0 bridgehead atoms. The van der Waals surface area contributed by atoms with Crippen molar-refractivity contribution >= 4 is 22.7 Å². The molecule has 0 fully saturated rings. The molecule has 0 aliphatic heterocycles. The Kier molecular flexibility index (Phi) is 4.59. The van der Waals surface area contributed by atoms with Crippen LogP contribution >= 0.6 is 11.8 Å². The van der Waals surface area contributed by atoms with E-state index in [4.69, 9.17) is 4.98 Å². The van der Waals surface area contributed by atoms with Gasteiger partial charge in [0.2, 0.25) is 0 Å². The molecule has 1 N–H and O–H groups in total. The number of hydrogen-bond acceptors (Lipinski definition) is 5. The summed E-state index contributed by atoms with van der Waals surface area (Å²) in [4.78, 5) is 14.1. The van der Waals surface area contributed by atoms with Crippen LogP contribution in [0.5, 0.6) is 0 Å². The summed E-state index contributed by atoms with van der Waals surface area (Å²) in [6, 6.07) is 11.8. The van der Waals surface area contributed by atoms with Gasteiger partial charge in [0.25, 0.3) is 0 Å². The minimum Gasteiger partial charge on any atom is -0.377 e. The van der Waals surface area contributed by atoms with Gasteiger partial charge in [-0.2, -0.15) is 0 Å². The van der Waals surface area contributed by atoms with Gasteiger partial charge in [0.05, 0.1) is 16.9 Å². The molecule has 2 aromatic heterocycles. The van der Waals surface area contributed by atoms with Crippen molar-refractivity contribution in [3.63, 3.8) is 0 Å². The van der Waals surface area contributed by atoms with Crippen LogP contribution in [0.2, 0.25) is 0 Å². The van der Waals surface area contributed by atoms with Crippen molar-refractivity contribution < 1.29 is 5.11 Å². The molecule has 0 aliphatic carbocycles. The zero-order valence-corrected chi connectivity index (χ0v) is 14.0. The zero-order chi connectivity index (χ0) is 16.3. The standard InChI is InChI=1S/C18H19N3OS/c1-3-9-18(22,16-8-10-19-12-20-16)17-7-4-13-11-14(23-2)5-6-15(13)21-17/h4-8,10-12,22H,3,9H2,1-2H3. The molecule has 5 heteroatoms. The van der Waals surface area contributed by atoms with E-state index in [1.807, 2.05) is 31.2 Å². The maximum atomic E-state index is 11.3. The molecule has 1 atom stereocenters. The summed E-state index contributed by atoms with van der Waals surface area (Å²) in [6.07, 6.45) is 6.55. The maximum Gasteiger partial charge on any atom is 0.148 e. The number of nitrogens with zero attached hydrogens (tertiary/aromatic N) is 3. The van der Waals surface area contributed by atoms with Crippen molar-refractivity contribution in [3.8, 4) is 0 Å². The fourth-order valence-electron chi connectivity index (χ4n) is 2.75. The Bertz CT molecular complexity index is 810. The van der Waals surface area contributed by atoms with Crippen LogP contribution in [0.25, 0.3) is 10.9 Å². The van der Waals surface area contributed by atoms with Gasteiger partial charge in [-0.25, -0.2) is 15.0 Å². The number of benzene rings is 1. The van der Waals surface area contributed by atoms with E-state index in [0.717, 1.165) is 17.3 Å². The average Bonchev–Trinajstić information content (AvgIpc) is 2.61. The van der Waals surface area contributed by atoms with E-state index < -0.39 is 5.60 Å². The van der Waals surface area contributed by atoms with Crippen LogP contribution < -0.4 is 0 Å². The van der Waals surface area contributed by atoms with Gasteiger partial charge in [-0.3, -0.25) is 0 Å². The molecule has 3 rings (SSSR count). The summed E-state index contributed by atoms with van der Waals surface area (Å²) in [5.74, 6) is 0. The number of thioether (sulfide) groups is 1. The Balaban J connectivity index is 2.11. The molecule has 0 saturated carbocycles. The van der Waals surface area contributed by atoms with Crippen molar-refractivity contribution in [2.45, 2.75) is 30.3 Å². The first-order chi connectivity index (χ1) is 11.2. The Morgan fingerprint density at radius 1 is 1.13 bits per heavy atom. The third-order valence-electron chi connectivity index (χ3n) is 3.94. The Morgan fingerprint density at radius 2 is 2.00 bits per heavy atom. The first kappa shape index (κ1) is 15.9. The average molecular weight is 325 g/mol. The molecule has 0 amide bonds. The van der Waals surface area contributed by atoms with E-state index in [9.17, 15) is 5.11 Å². The minimum atomic E-state index is -1.19.